The number of amides is 1. The predicted molar refractivity (Wildman–Crippen MR) is 101 cm³/mol. The molecule has 2 fully saturated rings. The van der Waals surface area contributed by atoms with Gasteiger partial charge in [0.2, 0.25) is 11.9 Å². The lowest BCUT2D eigenvalue weighted by Crippen LogP contribution is -2.48. The van der Waals surface area contributed by atoms with Crippen molar-refractivity contribution in [3.8, 4) is 0 Å². The smallest absolute Gasteiger partial charge is 0.242 e. The third-order valence-corrected chi connectivity index (χ3v) is 5.74. The summed E-state index contributed by atoms with van der Waals surface area (Å²) in [6.45, 7) is 0.809. The number of hydrazine groups is 1. The fourth-order valence-corrected chi connectivity index (χ4v) is 4.27. The normalized spacial score (nSPS) is 26.6. The minimum atomic E-state index is -0.578. The second-order valence-corrected chi connectivity index (χ2v) is 7.55. The minimum absolute atomic E-state index is 0.0655. The number of rotatable bonds is 6. The number of nitrogens with zero attached hydrogens (tertiary/aromatic N) is 2. The summed E-state index contributed by atoms with van der Waals surface area (Å²) in [5.74, 6) is 0.550. The summed E-state index contributed by atoms with van der Waals surface area (Å²) in [5, 5.41) is 11.3. The molecule has 0 radical (unpaired) electrons. The molecule has 4 rings (SSSR count). The van der Waals surface area contributed by atoms with E-state index in [-0.39, 0.29) is 22.8 Å². The molecule has 4 atom stereocenters. The first-order chi connectivity index (χ1) is 13.6. The van der Waals surface area contributed by atoms with Crippen LogP contribution < -0.4 is 10.9 Å². The van der Waals surface area contributed by atoms with Crippen molar-refractivity contribution in [1.29, 1.82) is 0 Å². The number of nitro groups is 1. The molecule has 1 saturated carbocycles. The van der Waals surface area contributed by atoms with Gasteiger partial charge in [0.1, 0.15) is 11.8 Å². The number of nitrogens with one attached hydrogen (secondary N) is 2. The van der Waals surface area contributed by atoms with Gasteiger partial charge in [-0.15, -0.1) is 0 Å². The van der Waals surface area contributed by atoms with E-state index in [4.69, 9.17) is 4.42 Å². The first-order valence-corrected chi connectivity index (χ1v) is 9.61. The summed E-state index contributed by atoms with van der Waals surface area (Å²) in [4.78, 5) is 26.2. The van der Waals surface area contributed by atoms with Crippen LogP contribution in [0.5, 0.6) is 0 Å². The number of hydrogen-bond acceptors (Lipinski definition) is 6. The Labute approximate surface area is 163 Å². The lowest BCUT2D eigenvalue weighted by Gasteiger charge is -2.31. The number of benzene rings is 1. The lowest BCUT2D eigenvalue weighted by molar-refractivity contribution is -0.528. The van der Waals surface area contributed by atoms with Crippen molar-refractivity contribution in [2.75, 3.05) is 0 Å². The van der Waals surface area contributed by atoms with Crippen molar-refractivity contribution in [1.82, 2.24) is 15.8 Å². The van der Waals surface area contributed by atoms with Gasteiger partial charge in [0.25, 0.3) is 0 Å². The van der Waals surface area contributed by atoms with E-state index in [0.29, 0.717) is 38.1 Å². The highest BCUT2D eigenvalue weighted by molar-refractivity contribution is 5.82. The number of carbonyl (C=O) groups is 1. The average Bonchev–Trinajstić information content (AvgIpc) is 3.37. The van der Waals surface area contributed by atoms with E-state index in [9.17, 15) is 14.9 Å². The Balaban J connectivity index is 1.53. The zero-order valence-electron chi connectivity index (χ0n) is 15.5. The lowest BCUT2D eigenvalue weighted by atomic mass is 9.79. The van der Waals surface area contributed by atoms with Gasteiger partial charge < -0.3 is 9.32 Å². The molecule has 1 aliphatic carbocycles. The van der Waals surface area contributed by atoms with Gasteiger partial charge in [0, 0.05) is 36.3 Å². The molecule has 1 aromatic heterocycles. The summed E-state index contributed by atoms with van der Waals surface area (Å²) in [5.41, 5.74) is 7.32. The molecule has 2 heterocycles. The molecule has 8 heteroatoms. The van der Waals surface area contributed by atoms with E-state index in [0.717, 1.165) is 5.56 Å². The second-order valence-electron chi connectivity index (χ2n) is 7.55. The van der Waals surface area contributed by atoms with Crippen LogP contribution in [0.15, 0.2) is 53.1 Å². The molecule has 2 aliphatic rings. The van der Waals surface area contributed by atoms with Crippen LogP contribution in [0.1, 0.15) is 30.6 Å². The highest BCUT2D eigenvalue weighted by atomic mass is 16.6. The monoisotopic (exact) mass is 384 g/mol. The fourth-order valence-electron chi connectivity index (χ4n) is 4.27. The standard InChI is InChI=1S/C20H24N4O4/c25-20(19-17-11-15(24(26)27)8-9-18(17)21-22-19)23(13-16-7-4-10-28-16)12-14-5-2-1-3-6-14/h1-7,10,15,17-19,21-22H,8-9,11-13H2. The van der Waals surface area contributed by atoms with Crippen molar-refractivity contribution in [2.45, 2.75) is 50.5 Å². The van der Waals surface area contributed by atoms with Crippen LogP contribution in [-0.4, -0.2) is 33.9 Å². The van der Waals surface area contributed by atoms with Gasteiger partial charge in [-0.25, -0.2) is 5.43 Å². The molecule has 1 amide bonds. The Bertz CT molecular complexity index is 811. The molecule has 2 N–H and O–H groups in total. The molecule has 2 aromatic rings. The van der Waals surface area contributed by atoms with Crippen LogP contribution >= 0.6 is 0 Å². The second kappa shape index (κ2) is 8.12. The van der Waals surface area contributed by atoms with Crippen molar-refractivity contribution < 1.29 is 14.1 Å². The summed E-state index contributed by atoms with van der Waals surface area (Å²) in [7, 11) is 0. The maximum atomic E-state index is 13.4. The average molecular weight is 384 g/mol. The summed E-state index contributed by atoms with van der Waals surface area (Å²) >= 11 is 0. The summed E-state index contributed by atoms with van der Waals surface area (Å²) < 4.78 is 5.45. The zero-order chi connectivity index (χ0) is 19.5. The maximum Gasteiger partial charge on any atom is 0.242 e. The fraction of sp³-hybridized carbons (Fsp3) is 0.450. The topological polar surface area (TPSA) is 101 Å². The Kier molecular flexibility index (Phi) is 5.40. The Morgan fingerprint density at radius 2 is 1.96 bits per heavy atom. The summed E-state index contributed by atoms with van der Waals surface area (Å²) in [6, 6.07) is 12.5. The molecule has 1 saturated heterocycles. The van der Waals surface area contributed by atoms with Crippen LogP contribution in [0.2, 0.25) is 0 Å². The summed E-state index contributed by atoms with van der Waals surface area (Å²) in [6.07, 6.45) is 3.25. The Morgan fingerprint density at radius 1 is 1.14 bits per heavy atom. The quantitative estimate of drug-likeness (QED) is 0.584. The molecule has 148 valence electrons. The predicted octanol–water partition coefficient (Wildman–Crippen LogP) is 2.10. The molecule has 28 heavy (non-hydrogen) atoms. The van der Waals surface area contributed by atoms with E-state index in [2.05, 4.69) is 10.9 Å². The zero-order valence-corrected chi connectivity index (χ0v) is 15.5. The van der Waals surface area contributed by atoms with E-state index in [1.807, 2.05) is 36.4 Å². The number of fused-ring (bicyclic) bond motifs is 1. The minimum Gasteiger partial charge on any atom is -0.467 e. The number of furan rings is 1. The van der Waals surface area contributed by atoms with Gasteiger partial charge in [-0.3, -0.25) is 20.3 Å². The molecular formula is C20H24N4O4. The molecule has 0 spiro atoms. The van der Waals surface area contributed by atoms with Crippen LogP contribution in [0.25, 0.3) is 0 Å². The van der Waals surface area contributed by atoms with Crippen LogP contribution in [-0.2, 0) is 17.9 Å². The van der Waals surface area contributed by atoms with E-state index < -0.39 is 12.1 Å². The third-order valence-electron chi connectivity index (χ3n) is 5.74. The van der Waals surface area contributed by atoms with Gasteiger partial charge in [0.05, 0.1) is 12.8 Å². The molecule has 1 aromatic carbocycles. The van der Waals surface area contributed by atoms with Gasteiger partial charge in [0.15, 0.2) is 0 Å². The van der Waals surface area contributed by atoms with Crippen LogP contribution in [0.3, 0.4) is 0 Å². The molecular weight excluding hydrogens is 360 g/mol. The van der Waals surface area contributed by atoms with Crippen LogP contribution in [0, 0.1) is 16.0 Å². The van der Waals surface area contributed by atoms with Crippen molar-refractivity contribution >= 4 is 5.91 Å². The van der Waals surface area contributed by atoms with E-state index >= 15 is 0 Å². The van der Waals surface area contributed by atoms with E-state index in [1.165, 1.54) is 0 Å². The molecule has 8 nitrogen and oxygen atoms in total. The van der Waals surface area contributed by atoms with Crippen molar-refractivity contribution in [3.05, 3.63) is 70.2 Å². The third kappa shape index (κ3) is 3.93. The van der Waals surface area contributed by atoms with Gasteiger partial charge in [-0.2, -0.15) is 0 Å². The number of hydrogen-bond donors (Lipinski definition) is 2. The van der Waals surface area contributed by atoms with Crippen LogP contribution in [0.4, 0.5) is 0 Å². The first kappa shape index (κ1) is 18.6. The highest BCUT2D eigenvalue weighted by Gasteiger charge is 2.47. The Hall–Kier alpha value is -2.71. The van der Waals surface area contributed by atoms with Crippen molar-refractivity contribution in [3.63, 3.8) is 0 Å². The molecule has 4 unspecified atom stereocenters. The number of carbonyl (C=O) groups excluding carboxylic acids is 1. The highest BCUT2D eigenvalue weighted by Crippen LogP contribution is 2.32. The SMILES string of the molecule is O=C(C1NNC2CCC([N+](=O)[O-])CC21)N(Cc1ccccc1)Cc1ccco1. The Morgan fingerprint density at radius 3 is 2.68 bits per heavy atom. The van der Waals surface area contributed by atoms with Crippen molar-refractivity contribution in [2.24, 2.45) is 5.92 Å². The maximum absolute atomic E-state index is 13.4. The molecule has 1 aliphatic heterocycles. The van der Waals surface area contributed by atoms with E-state index in [1.54, 1.807) is 17.2 Å². The van der Waals surface area contributed by atoms with Gasteiger partial charge >= 0.3 is 0 Å². The largest absolute Gasteiger partial charge is 0.467 e. The first-order valence-electron chi connectivity index (χ1n) is 9.61. The van der Waals surface area contributed by atoms with Gasteiger partial charge in [-0.1, -0.05) is 30.3 Å². The molecule has 0 bridgehead atoms. The van der Waals surface area contributed by atoms with Gasteiger partial charge in [-0.05, 0) is 24.1 Å².